The lowest BCUT2D eigenvalue weighted by molar-refractivity contribution is 0.0696. The fourth-order valence-electron chi connectivity index (χ4n) is 1.69. The SMILES string of the molecule is O=C(O)c1ccc(S(=O)(=O)NCc2cccc(Cl)c2)cc1. The minimum atomic E-state index is -3.70. The molecule has 2 N–H and O–H groups in total. The van der Waals surface area contributed by atoms with Crippen LogP contribution in [0.25, 0.3) is 0 Å². The fourth-order valence-corrected chi connectivity index (χ4v) is 2.92. The largest absolute Gasteiger partial charge is 0.478 e. The molecule has 0 heterocycles. The van der Waals surface area contributed by atoms with Crippen molar-refractivity contribution in [2.75, 3.05) is 0 Å². The fraction of sp³-hybridized carbons (Fsp3) is 0.0714. The Bertz CT molecular complexity index is 757. The number of aromatic carboxylic acids is 1. The monoisotopic (exact) mass is 325 g/mol. The molecular formula is C14H12ClNO4S. The molecule has 0 unspecified atom stereocenters. The second kappa shape index (κ2) is 6.26. The summed E-state index contributed by atoms with van der Waals surface area (Å²) in [5.74, 6) is -1.11. The van der Waals surface area contributed by atoms with E-state index in [1.54, 1.807) is 24.3 Å². The molecule has 0 aromatic heterocycles. The first kappa shape index (κ1) is 15.5. The Hall–Kier alpha value is -1.89. The van der Waals surface area contributed by atoms with Gasteiger partial charge in [-0.25, -0.2) is 17.9 Å². The quantitative estimate of drug-likeness (QED) is 0.884. The van der Waals surface area contributed by atoms with Crippen LogP contribution < -0.4 is 4.72 Å². The molecule has 0 radical (unpaired) electrons. The number of nitrogens with one attached hydrogen (secondary N) is 1. The summed E-state index contributed by atoms with van der Waals surface area (Å²) in [5.41, 5.74) is 0.761. The van der Waals surface area contributed by atoms with E-state index in [9.17, 15) is 13.2 Å². The maximum absolute atomic E-state index is 12.1. The van der Waals surface area contributed by atoms with Crippen molar-refractivity contribution < 1.29 is 18.3 Å². The number of hydrogen-bond acceptors (Lipinski definition) is 3. The first-order valence-electron chi connectivity index (χ1n) is 5.96. The Morgan fingerprint density at radius 1 is 1.14 bits per heavy atom. The minimum Gasteiger partial charge on any atom is -0.478 e. The summed E-state index contributed by atoms with van der Waals surface area (Å²) < 4.78 is 26.6. The third kappa shape index (κ3) is 4.04. The molecule has 2 aromatic rings. The highest BCUT2D eigenvalue weighted by Gasteiger charge is 2.14. The molecule has 0 aliphatic rings. The Morgan fingerprint density at radius 3 is 2.38 bits per heavy atom. The summed E-state index contributed by atoms with van der Waals surface area (Å²) in [6.07, 6.45) is 0. The lowest BCUT2D eigenvalue weighted by Gasteiger charge is -2.07. The van der Waals surface area contributed by atoms with E-state index < -0.39 is 16.0 Å². The summed E-state index contributed by atoms with van der Waals surface area (Å²) in [5, 5.41) is 9.30. The van der Waals surface area contributed by atoms with Gasteiger partial charge in [-0.15, -0.1) is 0 Å². The predicted molar refractivity (Wildman–Crippen MR) is 78.9 cm³/mol. The van der Waals surface area contributed by atoms with Gasteiger partial charge in [0.05, 0.1) is 10.5 Å². The number of carboxylic acids is 1. The van der Waals surface area contributed by atoms with Crippen LogP contribution in [0.2, 0.25) is 5.02 Å². The Morgan fingerprint density at radius 2 is 1.81 bits per heavy atom. The molecule has 0 spiro atoms. The maximum Gasteiger partial charge on any atom is 0.335 e. The number of halogens is 1. The van der Waals surface area contributed by atoms with Gasteiger partial charge in [0.15, 0.2) is 0 Å². The molecule has 21 heavy (non-hydrogen) atoms. The molecule has 0 aliphatic carbocycles. The maximum atomic E-state index is 12.1. The van der Waals surface area contributed by atoms with Crippen LogP contribution in [0, 0.1) is 0 Å². The standard InChI is InChI=1S/C14H12ClNO4S/c15-12-3-1-2-10(8-12)9-16-21(19,20)13-6-4-11(5-7-13)14(17)18/h1-8,16H,9H2,(H,17,18). The van der Waals surface area contributed by atoms with Crippen molar-refractivity contribution in [3.05, 3.63) is 64.7 Å². The second-order valence-electron chi connectivity index (χ2n) is 4.28. The molecule has 7 heteroatoms. The van der Waals surface area contributed by atoms with Crippen LogP contribution in [0.5, 0.6) is 0 Å². The number of carboxylic acid groups (broad SMARTS) is 1. The Balaban J connectivity index is 2.13. The van der Waals surface area contributed by atoms with Gasteiger partial charge in [0.1, 0.15) is 0 Å². The zero-order chi connectivity index (χ0) is 15.5. The van der Waals surface area contributed by atoms with E-state index in [-0.39, 0.29) is 17.0 Å². The molecule has 5 nitrogen and oxygen atoms in total. The van der Waals surface area contributed by atoms with Gasteiger partial charge >= 0.3 is 5.97 Å². The molecule has 2 rings (SSSR count). The minimum absolute atomic E-state index is 0.00882. The van der Waals surface area contributed by atoms with E-state index in [1.165, 1.54) is 24.3 Å². The molecule has 2 aromatic carbocycles. The van der Waals surface area contributed by atoms with Crippen LogP contribution in [-0.2, 0) is 16.6 Å². The zero-order valence-corrected chi connectivity index (χ0v) is 12.4. The van der Waals surface area contributed by atoms with E-state index in [4.69, 9.17) is 16.7 Å². The molecule has 0 atom stereocenters. The number of rotatable bonds is 5. The first-order chi connectivity index (χ1) is 9.88. The molecular weight excluding hydrogens is 314 g/mol. The van der Waals surface area contributed by atoms with Crippen molar-refractivity contribution in [2.45, 2.75) is 11.4 Å². The van der Waals surface area contributed by atoms with Crippen LogP contribution in [0.1, 0.15) is 15.9 Å². The first-order valence-corrected chi connectivity index (χ1v) is 7.82. The van der Waals surface area contributed by atoms with Crippen LogP contribution in [0.3, 0.4) is 0 Å². The Labute approximate surface area is 127 Å². The number of hydrogen-bond donors (Lipinski definition) is 2. The lowest BCUT2D eigenvalue weighted by Crippen LogP contribution is -2.23. The van der Waals surface area contributed by atoms with Gasteiger partial charge in [-0.05, 0) is 42.0 Å². The third-order valence-electron chi connectivity index (χ3n) is 2.77. The van der Waals surface area contributed by atoms with Gasteiger partial charge in [0.25, 0.3) is 0 Å². The molecule has 110 valence electrons. The van der Waals surface area contributed by atoms with E-state index in [2.05, 4.69) is 4.72 Å². The van der Waals surface area contributed by atoms with Gasteiger partial charge in [-0.1, -0.05) is 23.7 Å². The summed E-state index contributed by atoms with van der Waals surface area (Å²) in [6.45, 7) is 0.101. The average molecular weight is 326 g/mol. The summed E-state index contributed by atoms with van der Waals surface area (Å²) in [7, 11) is -3.70. The van der Waals surface area contributed by atoms with Crippen molar-refractivity contribution in [2.24, 2.45) is 0 Å². The zero-order valence-electron chi connectivity index (χ0n) is 10.8. The van der Waals surface area contributed by atoms with Crippen molar-refractivity contribution in [3.63, 3.8) is 0 Å². The molecule has 0 amide bonds. The Kier molecular flexibility index (Phi) is 4.62. The topological polar surface area (TPSA) is 83.5 Å². The summed E-state index contributed by atoms with van der Waals surface area (Å²) in [6, 6.07) is 11.8. The van der Waals surface area contributed by atoms with Gasteiger partial charge in [-0.3, -0.25) is 0 Å². The second-order valence-corrected chi connectivity index (χ2v) is 6.49. The van der Waals surface area contributed by atoms with E-state index >= 15 is 0 Å². The van der Waals surface area contributed by atoms with E-state index in [0.29, 0.717) is 5.02 Å². The van der Waals surface area contributed by atoms with E-state index in [1.807, 2.05) is 0 Å². The van der Waals surface area contributed by atoms with Crippen LogP contribution in [-0.4, -0.2) is 19.5 Å². The highest BCUT2D eigenvalue weighted by molar-refractivity contribution is 7.89. The highest BCUT2D eigenvalue weighted by atomic mass is 35.5. The number of carbonyl (C=O) groups is 1. The third-order valence-corrected chi connectivity index (χ3v) is 4.42. The lowest BCUT2D eigenvalue weighted by atomic mass is 10.2. The van der Waals surface area contributed by atoms with Crippen LogP contribution in [0.15, 0.2) is 53.4 Å². The van der Waals surface area contributed by atoms with Crippen molar-refractivity contribution in [1.82, 2.24) is 4.72 Å². The van der Waals surface area contributed by atoms with Crippen LogP contribution >= 0.6 is 11.6 Å². The molecule has 0 bridgehead atoms. The summed E-state index contributed by atoms with van der Waals surface area (Å²) in [4.78, 5) is 10.7. The molecule has 0 saturated carbocycles. The van der Waals surface area contributed by atoms with Gasteiger partial charge in [0.2, 0.25) is 10.0 Å². The van der Waals surface area contributed by atoms with Gasteiger partial charge in [0, 0.05) is 11.6 Å². The molecule has 0 fully saturated rings. The molecule has 0 aliphatic heterocycles. The van der Waals surface area contributed by atoms with Gasteiger partial charge in [-0.2, -0.15) is 0 Å². The summed E-state index contributed by atoms with van der Waals surface area (Å²) >= 11 is 5.83. The van der Waals surface area contributed by atoms with Crippen molar-refractivity contribution >= 4 is 27.6 Å². The van der Waals surface area contributed by atoms with Crippen molar-refractivity contribution in [3.8, 4) is 0 Å². The number of benzene rings is 2. The van der Waals surface area contributed by atoms with Gasteiger partial charge < -0.3 is 5.11 Å². The highest BCUT2D eigenvalue weighted by Crippen LogP contribution is 2.13. The van der Waals surface area contributed by atoms with Crippen LogP contribution in [0.4, 0.5) is 0 Å². The van der Waals surface area contributed by atoms with E-state index in [0.717, 1.165) is 5.56 Å². The normalized spacial score (nSPS) is 11.3. The predicted octanol–water partition coefficient (Wildman–Crippen LogP) is 2.52. The average Bonchev–Trinajstić information content (AvgIpc) is 2.45. The molecule has 0 saturated heterocycles. The smallest absolute Gasteiger partial charge is 0.335 e. The number of sulfonamides is 1. The van der Waals surface area contributed by atoms with Crippen molar-refractivity contribution in [1.29, 1.82) is 0 Å².